The van der Waals surface area contributed by atoms with Crippen LogP contribution in [0.4, 0.5) is 0 Å². The minimum absolute atomic E-state index is 0.230. The molecule has 0 radical (unpaired) electrons. The highest BCUT2D eigenvalue weighted by Gasteiger charge is 2.18. The fraction of sp³-hybridized carbons (Fsp3) is 0.200. The molecule has 0 spiro atoms. The Morgan fingerprint density at radius 2 is 2.05 bits per heavy atom. The van der Waals surface area contributed by atoms with Gasteiger partial charge in [0.25, 0.3) is 5.91 Å². The van der Waals surface area contributed by atoms with Gasteiger partial charge in [0.15, 0.2) is 0 Å². The van der Waals surface area contributed by atoms with Crippen molar-refractivity contribution in [1.82, 2.24) is 10.6 Å². The van der Waals surface area contributed by atoms with Gasteiger partial charge >= 0.3 is 0 Å². The van der Waals surface area contributed by atoms with Gasteiger partial charge in [-0.3, -0.25) is 9.59 Å². The first-order valence-corrected chi connectivity index (χ1v) is 7.29. The Labute approximate surface area is 137 Å². The van der Waals surface area contributed by atoms with Gasteiger partial charge in [-0.1, -0.05) is 23.2 Å². The molecule has 1 aromatic heterocycles. The van der Waals surface area contributed by atoms with E-state index in [0.717, 1.165) is 0 Å². The van der Waals surface area contributed by atoms with E-state index < -0.39 is 11.9 Å². The molecule has 1 aromatic carbocycles. The van der Waals surface area contributed by atoms with Crippen molar-refractivity contribution in [2.75, 3.05) is 0 Å². The van der Waals surface area contributed by atoms with Gasteiger partial charge in [0.05, 0.1) is 23.4 Å². The first kappa shape index (κ1) is 16.4. The van der Waals surface area contributed by atoms with E-state index in [2.05, 4.69) is 10.6 Å². The molecule has 1 heterocycles. The highest BCUT2D eigenvalue weighted by molar-refractivity contribution is 6.36. The van der Waals surface area contributed by atoms with Gasteiger partial charge < -0.3 is 15.1 Å². The Bertz CT molecular complexity index is 671. The minimum Gasteiger partial charge on any atom is -0.467 e. The second-order valence-corrected chi connectivity index (χ2v) is 5.46. The third kappa shape index (κ3) is 4.26. The Hall–Kier alpha value is -1.98. The van der Waals surface area contributed by atoms with E-state index >= 15 is 0 Å². The molecule has 0 saturated carbocycles. The average molecular weight is 341 g/mol. The lowest BCUT2D eigenvalue weighted by Gasteiger charge is -2.14. The lowest BCUT2D eigenvalue weighted by molar-refractivity contribution is -0.122. The van der Waals surface area contributed by atoms with Crippen molar-refractivity contribution in [3.05, 3.63) is 58.0 Å². The number of benzene rings is 1. The van der Waals surface area contributed by atoms with Crippen molar-refractivity contribution in [3.8, 4) is 0 Å². The number of hydrogen-bond acceptors (Lipinski definition) is 3. The number of nitrogens with one attached hydrogen (secondary N) is 2. The highest BCUT2D eigenvalue weighted by Crippen LogP contribution is 2.20. The average Bonchev–Trinajstić information content (AvgIpc) is 2.97. The number of furan rings is 1. The number of amides is 2. The van der Waals surface area contributed by atoms with Gasteiger partial charge in [0.1, 0.15) is 11.8 Å². The first-order valence-electron chi connectivity index (χ1n) is 6.53. The smallest absolute Gasteiger partial charge is 0.253 e. The van der Waals surface area contributed by atoms with Crippen LogP contribution in [0.5, 0.6) is 0 Å². The van der Waals surface area contributed by atoms with Crippen LogP contribution < -0.4 is 10.6 Å². The maximum absolute atomic E-state index is 12.1. The van der Waals surface area contributed by atoms with E-state index in [4.69, 9.17) is 27.6 Å². The fourth-order valence-corrected chi connectivity index (χ4v) is 2.25. The van der Waals surface area contributed by atoms with Crippen molar-refractivity contribution in [1.29, 1.82) is 0 Å². The summed E-state index contributed by atoms with van der Waals surface area (Å²) in [6.07, 6.45) is 1.52. The summed E-state index contributed by atoms with van der Waals surface area (Å²) >= 11 is 11.7. The van der Waals surface area contributed by atoms with E-state index in [-0.39, 0.29) is 23.0 Å². The summed E-state index contributed by atoms with van der Waals surface area (Å²) in [5.41, 5.74) is 0.261. The van der Waals surface area contributed by atoms with E-state index in [1.165, 1.54) is 18.4 Å². The molecule has 22 heavy (non-hydrogen) atoms. The zero-order chi connectivity index (χ0) is 16.1. The predicted molar refractivity (Wildman–Crippen MR) is 83.9 cm³/mol. The third-order valence-corrected chi connectivity index (χ3v) is 3.48. The quantitative estimate of drug-likeness (QED) is 0.878. The van der Waals surface area contributed by atoms with E-state index in [9.17, 15) is 9.59 Å². The van der Waals surface area contributed by atoms with Gasteiger partial charge in [-0.05, 0) is 37.3 Å². The molecule has 1 atom stereocenters. The van der Waals surface area contributed by atoms with E-state index in [0.29, 0.717) is 10.8 Å². The van der Waals surface area contributed by atoms with Crippen molar-refractivity contribution >= 4 is 35.0 Å². The van der Waals surface area contributed by atoms with Crippen LogP contribution in [0, 0.1) is 0 Å². The Kier molecular flexibility index (Phi) is 5.46. The van der Waals surface area contributed by atoms with E-state index in [1.807, 2.05) is 0 Å². The summed E-state index contributed by atoms with van der Waals surface area (Å²) < 4.78 is 5.11. The molecule has 5 nitrogen and oxygen atoms in total. The molecule has 0 bridgehead atoms. The van der Waals surface area contributed by atoms with E-state index in [1.54, 1.807) is 25.1 Å². The van der Waals surface area contributed by atoms with Crippen LogP contribution in [0.15, 0.2) is 41.0 Å². The second-order valence-electron chi connectivity index (χ2n) is 4.62. The number of rotatable bonds is 5. The molecule has 7 heteroatoms. The first-order chi connectivity index (χ1) is 10.5. The normalized spacial score (nSPS) is 11.8. The van der Waals surface area contributed by atoms with Crippen molar-refractivity contribution in [2.24, 2.45) is 0 Å². The topological polar surface area (TPSA) is 71.3 Å². The largest absolute Gasteiger partial charge is 0.467 e. The number of carbonyl (C=O) groups excluding carboxylic acids is 2. The second kappa shape index (κ2) is 7.33. The van der Waals surface area contributed by atoms with Crippen LogP contribution in [0.3, 0.4) is 0 Å². The third-order valence-electron chi connectivity index (χ3n) is 2.93. The van der Waals surface area contributed by atoms with Crippen LogP contribution >= 0.6 is 23.2 Å². The lowest BCUT2D eigenvalue weighted by Crippen LogP contribution is -2.44. The Morgan fingerprint density at radius 3 is 2.68 bits per heavy atom. The van der Waals surface area contributed by atoms with Crippen LogP contribution in [0.1, 0.15) is 23.0 Å². The van der Waals surface area contributed by atoms with Gasteiger partial charge in [-0.25, -0.2) is 0 Å². The monoisotopic (exact) mass is 340 g/mol. The molecule has 2 rings (SSSR count). The standard InChI is InChI=1S/C15H14Cl2N2O3/c1-9(14(20)18-8-11-3-2-6-22-11)19-15(21)12-5-4-10(16)7-13(12)17/h2-7,9H,8H2,1H3,(H,18,20)(H,19,21)/t9-/m1/s1. The summed E-state index contributed by atoms with van der Waals surface area (Å²) in [5.74, 6) is -0.134. The number of hydrogen-bond donors (Lipinski definition) is 2. The summed E-state index contributed by atoms with van der Waals surface area (Å²) in [5, 5.41) is 5.91. The zero-order valence-corrected chi connectivity index (χ0v) is 13.2. The molecular formula is C15H14Cl2N2O3. The van der Waals surface area contributed by atoms with Crippen LogP contribution in [0.2, 0.25) is 10.0 Å². The van der Waals surface area contributed by atoms with Crippen molar-refractivity contribution in [2.45, 2.75) is 19.5 Å². The molecule has 116 valence electrons. The van der Waals surface area contributed by atoms with Gasteiger partial charge in [-0.15, -0.1) is 0 Å². The molecule has 2 N–H and O–H groups in total. The molecule has 0 aliphatic heterocycles. The van der Waals surface area contributed by atoms with Crippen LogP contribution in [-0.2, 0) is 11.3 Å². The summed E-state index contributed by atoms with van der Waals surface area (Å²) in [7, 11) is 0. The van der Waals surface area contributed by atoms with Crippen molar-refractivity contribution < 1.29 is 14.0 Å². The van der Waals surface area contributed by atoms with Crippen LogP contribution in [-0.4, -0.2) is 17.9 Å². The summed E-state index contributed by atoms with van der Waals surface area (Å²) in [4.78, 5) is 24.0. The highest BCUT2D eigenvalue weighted by atomic mass is 35.5. The van der Waals surface area contributed by atoms with Crippen molar-refractivity contribution in [3.63, 3.8) is 0 Å². The molecule has 0 aliphatic rings. The molecule has 0 aliphatic carbocycles. The molecule has 0 unspecified atom stereocenters. The maximum Gasteiger partial charge on any atom is 0.253 e. The number of halogens is 2. The Morgan fingerprint density at radius 1 is 1.27 bits per heavy atom. The van der Waals surface area contributed by atoms with Crippen LogP contribution in [0.25, 0.3) is 0 Å². The molecule has 0 fully saturated rings. The summed E-state index contributed by atoms with van der Waals surface area (Å²) in [6, 6.07) is 7.30. The molecule has 2 amide bonds. The van der Waals surface area contributed by atoms with Gasteiger partial charge in [0, 0.05) is 5.02 Å². The number of carbonyl (C=O) groups is 2. The lowest BCUT2D eigenvalue weighted by atomic mass is 10.2. The zero-order valence-electron chi connectivity index (χ0n) is 11.7. The van der Waals surface area contributed by atoms with Gasteiger partial charge in [-0.2, -0.15) is 0 Å². The Balaban J connectivity index is 1.91. The summed E-state index contributed by atoms with van der Waals surface area (Å²) in [6.45, 7) is 1.84. The molecule has 2 aromatic rings. The predicted octanol–water partition coefficient (Wildman–Crippen LogP) is 3.02. The molecule has 0 saturated heterocycles. The minimum atomic E-state index is -0.714. The maximum atomic E-state index is 12.1. The van der Waals surface area contributed by atoms with Gasteiger partial charge in [0.2, 0.25) is 5.91 Å². The fourth-order valence-electron chi connectivity index (χ4n) is 1.75. The SMILES string of the molecule is C[C@@H](NC(=O)c1ccc(Cl)cc1Cl)C(=O)NCc1ccco1. The molecular weight excluding hydrogens is 327 g/mol.